The zero-order chi connectivity index (χ0) is 18.1. The molecule has 0 spiro atoms. The molecule has 2 N–H and O–H groups in total. The summed E-state index contributed by atoms with van der Waals surface area (Å²) in [6.45, 7) is 1.56. The minimum absolute atomic E-state index is 0.130. The number of piperazine rings is 1. The fraction of sp³-hybridized carbons (Fsp3) is 0.438. The van der Waals surface area contributed by atoms with Gasteiger partial charge in [0.1, 0.15) is 6.04 Å². The number of hydrogen-bond donors (Lipinski definition) is 1. The van der Waals surface area contributed by atoms with Crippen LogP contribution in [0.1, 0.15) is 6.42 Å². The van der Waals surface area contributed by atoms with Crippen molar-refractivity contribution < 1.29 is 14.0 Å². The molecule has 2 aromatic rings. The Kier molecular flexibility index (Phi) is 4.82. The second kappa shape index (κ2) is 6.89. The van der Waals surface area contributed by atoms with Gasteiger partial charge in [-0.05, 0) is 19.2 Å². The number of fused-ring (bicyclic) bond motifs is 1. The summed E-state index contributed by atoms with van der Waals surface area (Å²) in [7, 11) is 1.81. The molecule has 1 aromatic heterocycles. The molecule has 3 rings (SSSR count). The van der Waals surface area contributed by atoms with Gasteiger partial charge in [0.2, 0.25) is 11.8 Å². The van der Waals surface area contributed by atoms with E-state index < -0.39 is 17.7 Å². The third kappa shape index (κ3) is 3.54. The van der Waals surface area contributed by atoms with Gasteiger partial charge in [0.15, 0.2) is 5.58 Å². The van der Waals surface area contributed by atoms with Gasteiger partial charge in [-0.2, -0.15) is 0 Å². The number of hydrogen-bond acceptors (Lipinski definition) is 5. The average Bonchev–Trinajstić information content (AvgIpc) is 2.87. The Morgan fingerprint density at radius 1 is 1.36 bits per heavy atom. The molecule has 9 heteroatoms. The van der Waals surface area contributed by atoms with Crippen molar-refractivity contribution in [2.75, 3.05) is 26.7 Å². The number of primary amides is 1. The molecule has 1 aromatic carbocycles. The lowest BCUT2D eigenvalue weighted by atomic mass is 10.1. The number of amides is 2. The van der Waals surface area contributed by atoms with Crippen LogP contribution in [-0.4, -0.2) is 58.9 Å². The molecule has 1 aliphatic heterocycles. The largest absolute Gasteiger partial charge is 0.419 e. The fourth-order valence-electron chi connectivity index (χ4n) is 3.02. The quantitative estimate of drug-likeness (QED) is 0.836. The van der Waals surface area contributed by atoms with Crippen molar-refractivity contribution in [1.29, 1.82) is 0 Å². The number of aromatic nitrogens is 1. The molecular weight excluding hydrogens is 348 g/mol. The molecule has 0 bridgehead atoms. The summed E-state index contributed by atoms with van der Waals surface area (Å²) in [5.41, 5.74) is 6.36. The number of nitrogens with zero attached hydrogens (tertiary/aromatic N) is 3. The van der Waals surface area contributed by atoms with E-state index in [0.717, 1.165) is 0 Å². The normalized spacial score (nSPS) is 18.6. The molecule has 1 aliphatic rings. The van der Waals surface area contributed by atoms with Gasteiger partial charge >= 0.3 is 5.76 Å². The molecule has 0 radical (unpaired) electrons. The van der Waals surface area contributed by atoms with Crippen LogP contribution in [0, 0.1) is 0 Å². The van der Waals surface area contributed by atoms with Crippen LogP contribution in [0.4, 0.5) is 0 Å². The first-order valence-corrected chi connectivity index (χ1v) is 8.31. The molecule has 134 valence electrons. The molecule has 1 saturated heterocycles. The number of aryl methyl sites for hydroxylation is 1. The molecule has 0 unspecified atom stereocenters. The summed E-state index contributed by atoms with van der Waals surface area (Å²) < 4.78 is 6.56. The van der Waals surface area contributed by atoms with Crippen molar-refractivity contribution >= 4 is 34.5 Å². The van der Waals surface area contributed by atoms with Crippen molar-refractivity contribution in [3.05, 3.63) is 33.8 Å². The number of nitrogens with two attached hydrogens (primary N) is 1. The van der Waals surface area contributed by atoms with Crippen LogP contribution in [0.2, 0.25) is 5.02 Å². The Hall–Kier alpha value is -2.32. The second-order valence-corrected chi connectivity index (χ2v) is 6.56. The molecule has 2 heterocycles. The van der Waals surface area contributed by atoms with Gasteiger partial charge in [-0.1, -0.05) is 11.6 Å². The fourth-order valence-corrected chi connectivity index (χ4v) is 3.19. The third-order valence-corrected chi connectivity index (χ3v) is 4.74. The van der Waals surface area contributed by atoms with E-state index in [1.54, 1.807) is 30.1 Å². The molecule has 8 nitrogen and oxygen atoms in total. The number of halogens is 1. The number of oxazole rings is 1. The Morgan fingerprint density at radius 3 is 2.84 bits per heavy atom. The first kappa shape index (κ1) is 17.5. The summed E-state index contributed by atoms with van der Waals surface area (Å²) in [6.07, 6.45) is 0.131. The van der Waals surface area contributed by atoms with Gasteiger partial charge in [-0.15, -0.1) is 0 Å². The van der Waals surface area contributed by atoms with Crippen molar-refractivity contribution in [2.24, 2.45) is 5.73 Å². The Balaban J connectivity index is 1.70. The lowest BCUT2D eigenvalue weighted by molar-refractivity contribution is -0.136. The number of benzene rings is 1. The SMILES string of the molecule is CN1CCN(C(=O)CCn2c(=O)oc3cc(Cl)ccc32)C[C@@H]1C(N)=O. The Labute approximate surface area is 148 Å². The minimum Gasteiger partial charge on any atom is -0.408 e. The van der Waals surface area contributed by atoms with Crippen LogP contribution in [-0.2, 0) is 16.1 Å². The van der Waals surface area contributed by atoms with Crippen LogP contribution < -0.4 is 11.5 Å². The van der Waals surface area contributed by atoms with E-state index in [1.165, 1.54) is 4.57 Å². The molecule has 1 fully saturated rings. The zero-order valence-corrected chi connectivity index (χ0v) is 14.5. The smallest absolute Gasteiger partial charge is 0.408 e. The summed E-state index contributed by atoms with van der Waals surface area (Å²) in [5, 5.41) is 0.472. The van der Waals surface area contributed by atoms with Crippen LogP contribution in [0.15, 0.2) is 27.4 Å². The van der Waals surface area contributed by atoms with E-state index in [-0.39, 0.29) is 25.4 Å². The predicted octanol–water partition coefficient (Wildman–Crippen LogP) is 0.266. The topological polar surface area (TPSA) is 102 Å². The van der Waals surface area contributed by atoms with E-state index in [9.17, 15) is 14.4 Å². The third-order valence-electron chi connectivity index (χ3n) is 4.51. The predicted molar refractivity (Wildman–Crippen MR) is 92.3 cm³/mol. The van der Waals surface area contributed by atoms with Gasteiger partial charge in [0.25, 0.3) is 0 Å². The average molecular weight is 367 g/mol. The summed E-state index contributed by atoms with van der Waals surface area (Å²) in [4.78, 5) is 39.4. The lowest BCUT2D eigenvalue weighted by Crippen LogP contribution is -2.58. The molecule has 0 saturated carbocycles. The van der Waals surface area contributed by atoms with Gasteiger partial charge in [0, 0.05) is 43.7 Å². The van der Waals surface area contributed by atoms with Crippen LogP contribution in [0.5, 0.6) is 0 Å². The molecule has 2 amide bonds. The van der Waals surface area contributed by atoms with Gasteiger partial charge in [-0.25, -0.2) is 4.79 Å². The zero-order valence-electron chi connectivity index (χ0n) is 13.8. The molecular formula is C16H19ClN4O4. The van der Waals surface area contributed by atoms with Crippen LogP contribution in [0.3, 0.4) is 0 Å². The van der Waals surface area contributed by atoms with Gasteiger partial charge in [-0.3, -0.25) is 19.1 Å². The van der Waals surface area contributed by atoms with Gasteiger partial charge in [0.05, 0.1) is 5.52 Å². The van der Waals surface area contributed by atoms with Crippen molar-refractivity contribution in [1.82, 2.24) is 14.4 Å². The summed E-state index contributed by atoms with van der Waals surface area (Å²) in [5.74, 6) is -1.11. The lowest BCUT2D eigenvalue weighted by Gasteiger charge is -2.37. The summed E-state index contributed by atoms with van der Waals surface area (Å²) >= 11 is 5.89. The number of carbonyl (C=O) groups excluding carboxylic acids is 2. The maximum Gasteiger partial charge on any atom is 0.419 e. The molecule has 0 aliphatic carbocycles. The Morgan fingerprint density at radius 2 is 2.12 bits per heavy atom. The summed E-state index contributed by atoms with van der Waals surface area (Å²) in [6, 6.07) is 4.42. The number of likely N-dealkylation sites (N-methyl/N-ethyl adjacent to an activating group) is 1. The van der Waals surface area contributed by atoms with Crippen LogP contribution in [0.25, 0.3) is 11.1 Å². The number of rotatable bonds is 4. The first-order valence-electron chi connectivity index (χ1n) is 7.93. The highest BCUT2D eigenvalue weighted by molar-refractivity contribution is 6.31. The minimum atomic E-state index is -0.529. The maximum atomic E-state index is 12.5. The van der Waals surface area contributed by atoms with E-state index in [4.69, 9.17) is 21.8 Å². The number of carbonyl (C=O) groups is 2. The molecule has 25 heavy (non-hydrogen) atoms. The highest BCUT2D eigenvalue weighted by atomic mass is 35.5. The van der Waals surface area contributed by atoms with Crippen LogP contribution >= 0.6 is 11.6 Å². The van der Waals surface area contributed by atoms with Crippen molar-refractivity contribution in [3.63, 3.8) is 0 Å². The van der Waals surface area contributed by atoms with Crippen molar-refractivity contribution in [3.8, 4) is 0 Å². The monoisotopic (exact) mass is 366 g/mol. The second-order valence-electron chi connectivity index (χ2n) is 6.12. The maximum absolute atomic E-state index is 12.5. The Bertz CT molecular complexity index is 875. The van der Waals surface area contributed by atoms with E-state index in [0.29, 0.717) is 29.2 Å². The van der Waals surface area contributed by atoms with Crippen molar-refractivity contribution in [2.45, 2.75) is 19.0 Å². The van der Waals surface area contributed by atoms with Gasteiger partial charge < -0.3 is 15.1 Å². The highest BCUT2D eigenvalue weighted by Crippen LogP contribution is 2.19. The van der Waals surface area contributed by atoms with E-state index in [2.05, 4.69) is 0 Å². The highest BCUT2D eigenvalue weighted by Gasteiger charge is 2.30. The van der Waals surface area contributed by atoms with E-state index in [1.807, 2.05) is 4.90 Å². The van der Waals surface area contributed by atoms with E-state index >= 15 is 0 Å². The first-order chi connectivity index (χ1) is 11.9. The molecule has 1 atom stereocenters. The standard InChI is InChI=1S/C16H19ClN4O4/c1-19-6-7-20(9-12(19)15(18)23)14(22)4-5-21-11-3-2-10(17)8-13(11)25-16(21)24/h2-3,8,12H,4-7,9H2,1H3,(H2,18,23)/t12-/m1/s1.